The first-order valence-corrected chi connectivity index (χ1v) is 8.02. The van der Waals surface area contributed by atoms with Crippen LogP contribution in [0.25, 0.3) is 0 Å². The maximum absolute atomic E-state index is 13.7. The van der Waals surface area contributed by atoms with Gasteiger partial charge in [-0.1, -0.05) is 32.9 Å². The Labute approximate surface area is 131 Å². The highest BCUT2D eigenvalue weighted by atomic mass is 79.9. The highest BCUT2D eigenvalue weighted by Gasteiger charge is 2.30. The molecule has 0 saturated carbocycles. The Morgan fingerprint density at radius 1 is 1.20 bits per heavy atom. The Hall–Kier alpha value is -0.410. The lowest BCUT2D eigenvalue weighted by Crippen LogP contribution is -2.45. The van der Waals surface area contributed by atoms with E-state index < -0.39 is 0 Å². The van der Waals surface area contributed by atoms with Crippen molar-refractivity contribution in [3.63, 3.8) is 0 Å². The molecule has 1 nitrogen and oxygen atoms in total. The number of rotatable bonds is 5. The Balaban J connectivity index is 2.94. The van der Waals surface area contributed by atoms with Gasteiger partial charge in [0.25, 0.3) is 0 Å². The lowest BCUT2D eigenvalue weighted by molar-refractivity contribution is 0.187. The number of hydrogen-bond acceptors (Lipinski definition) is 1. The fourth-order valence-corrected chi connectivity index (χ4v) is 2.46. The molecule has 0 amide bonds. The first-order valence-electron chi connectivity index (χ1n) is 7.23. The minimum absolute atomic E-state index is 0.0869. The van der Waals surface area contributed by atoms with E-state index in [1.165, 1.54) is 6.07 Å². The van der Waals surface area contributed by atoms with Crippen LogP contribution in [0.5, 0.6) is 0 Å². The zero-order valence-electron chi connectivity index (χ0n) is 13.5. The molecule has 0 saturated heterocycles. The molecular weight excluding hydrogens is 317 g/mol. The van der Waals surface area contributed by atoms with Crippen LogP contribution >= 0.6 is 15.9 Å². The molecule has 0 spiro atoms. The van der Waals surface area contributed by atoms with E-state index in [1.54, 1.807) is 6.07 Å². The molecule has 1 rings (SSSR count). The second-order valence-corrected chi connectivity index (χ2v) is 8.10. The van der Waals surface area contributed by atoms with Crippen LogP contribution in [0.4, 0.5) is 4.39 Å². The summed E-state index contributed by atoms with van der Waals surface area (Å²) in [4.78, 5) is 0. The predicted molar refractivity (Wildman–Crippen MR) is 88.5 cm³/mol. The Kier molecular flexibility index (Phi) is 5.79. The summed E-state index contributed by atoms with van der Waals surface area (Å²) < 4.78 is 14.3. The Morgan fingerprint density at radius 3 is 2.30 bits per heavy atom. The van der Waals surface area contributed by atoms with Gasteiger partial charge in [0.2, 0.25) is 0 Å². The summed E-state index contributed by atoms with van der Waals surface area (Å²) in [5.74, 6) is 0.324. The van der Waals surface area contributed by atoms with Crippen molar-refractivity contribution in [1.82, 2.24) is 5.32 Å². The SMILES string of the molecule is CC(C)C(C)(CNC(C)(C)C)Cc1cccc(F)c1Br. The van der Waals surface area contributed by atoms with Gasteiger partial charge in [-0.05, 0) is 66.1 Å². The van der Waals surface area contributed by atoms with E-state index in [9.17, 15) is 4.39 Å². The lowest BCUT2D eigenvalue weighted by atomic mass is 9.74. The molecule has 114 valence electrons. The van der Waals surface area contributed by atoms with Crippen LogP contribution < -0.4 is 5.32 Å². The third-order valence-corrected chi connectivity index (χ3v) is 4.93. The van der Waals surface area contributed by atoms with E-state index in [4.69, 9.17) is 0 Å². The minimum atomic E-state index is -0.183. The molecule has 0 radical (unpaired) electrons. The molecule has 1 atom stereocenters. The monoisotopic (exact) mass is 343 g/mol. The highest BCUT2D eigenvalue weighted by molar-refractivity contribution is 9.10. The van der Waals surface area contributed by atoms with Crippen molar-refractivity contribution in [3.05, 3.63) is 34.1 Å². The highest BCUT2D eigenvalue weighted by Crippen LogP contribution is 2.34. The van der Waals surface area contributed by atoms with E-state index in [2.05, 4.69) is 62.8 Å². The summed E-state index contributed by atoms with van der Waals surface area (Å²) in [5.41, 5.74) is 1.22. The molecule has 1 aromatic rings. The van der Waals surface area contributed by atoms with Crippen LogP contribution in [0.15, 0.2) is 22.7 Å². The second kappa shape index (κ2) is 6.57. The van der Waals surface area contributed by atoms with Crippen LogP contribution in [0.1, 0.15) is 47.1 Å². The fraction of sp³-hybridized carbons (Fsp3) is 0.647. The molecule has 1 N–H and O–H groups in total. The van der Waals surface area contributed by atoms with Gasteiger partial charge in [-0.2, -0.15) is 0 Å². The lowest BCUT2D eigenvalue weighted by Gasteiger charge is -2.37. The summed E-state index contributed by atoms with van der Waals surface area (Å²) in [6, 6.07) is 5.28. The zero-order valence-corrected chi connectivity index (χ0v) is 15.1. The van der Waals surface area contributed by atoms with Crippen molar-refractivity contribution in [2.24, 2.45) is 11.3 Å². The van der Waals surface area contributed by atoms with Gasteiger partial charge < -0.3 is 5.32 Å². The predicted octanol–water partition coefficient (Wildman–Crippen LogP) is 5.18. The third-order valence-electron chi connectivity index (χ3n) is 4.04. The zero-order chi connectivity index (χ0) is 15.6. The largest absolute Gasteiger partial charge is 0.312 e. The van der Waals surface area contributed by atoms with Crippen molar-refractivity contribution in [2.45, 2.75) is 53.5 Å². The van der Waals surface area contributed by atoms with Gasteiger partial charge in [0.05, 0.1) is 4.47 Å². The average molecular weight is 344 g/mol. The van der Waals surface area contributed by atoms with E-state index in [0.29, 0.717) is 10.4 Å². The van der Waals surface area contributed by atoms with Crippen LogP contribution in [-0.4, -0.2) is 12.1 Å². The number of benzene rings is 1. The van der Waals surface area contributed by atoms with Crippen molar-refractivity contribution < 1.29 is 4.39 Å². The molecule has 0 heterocycles. The topological polar surface area (TPSA) is 12.0 Å². The summed E-state index contributed by atoms with van der Waals surface area (Å²) in [5, 5.41) is 3.59. The summed E-state index contributed by atoms with van der Waals surface area (Å²) in [6.07, 6.45) is 0.853. The van der Waals surface area contributed by atoms with Crippen LogP contribution in [-0.2, 0) is 6.42 Å². The maximum Gasteiger partial charge on any atom is 0.137 e. The van der Waals surface area contributed by atoms with E-state index >= 15 is 0 Å². The maximum atomic E-state index is 13.7. The van der Waals surface area contributed by atoms with E-state index in [-0.39, 0.29) is 16.8 Å². The van der Waals surface area contributed by atoms with Gasteiger partial charge in [0, 0.05) is 12.1 Å². The average Bonchev–Trinajstić information content (AvgIpc) is 2.31. The molecule has 0 aliphatic rings. The summed E-state index contributed by atoms with van der Waals surface area (Å²) in [7, 11) is 0. The molecule has 1 unspecified atom stereocenters. The van der Waals surface area contributed by atoms with Gasteiger partial charge in [-0.3, -0.25) is 0 Å². The van der Waals surface area contributed by atoms with Crippen molar-refractivity contribution in [2.75, 3.05) is 6.54 Å². The van der Waals surface area contributed by atoms with Gasteiger partial charge in [-0.25, -0.2) is 4.39 Å². The van der Waals surface area contributed by atoms with Crippen LogP contribution in [0, 0.1) is 17.2 Å². The van der Waals surface area contributed by atoms with Gasteiger partial charge in [0.1, 0.15) is 5.82 Å². The molecule has 0 aromatic heterocycles. The van der Waals surface area contributed by atoms with Gasteiger partial charge in [-0.15, -0.1) is 0 Å². The van der Waals surface area contributed by atoms with E-state index in [1.807, 2.05) is 6.07 Å². The Bertz CT molecular complexity index is 451. The first-order chi connectivity index (χ1) is 9.05. The smallest absolute Gasteiger partial charge is 0.137 e. The van der Waals surface area contributed by atoms with Gasteiger partial charge >= 0.3 is 0 Å². The minimum Gasteiger partial charge on any atom is -0.312 e. The van der Waals surface area contributed by atoms with Crippen LogP contribution in [0.2, 0.25) is 0 Å². The Morgan fingerprint density at radius 2 is 1.80 bits per heavy atom. The number of halogens is 2. The standard InChI is InChI=1S/C17H27BrFN/c1-12(2)17(6,11-20-16(3,4)5)10-13-8-7-9-14(19)15(13)18/h7-9,12,20H,10-11H2,1-6H3. The molecule has 0 bridgehead atoms. The van der Waals surface area contributed by atoms with Gasteiger partial charge in [0.15, 0.2) is 0 Å². The van der Waals surface area contributed by atoms with E-state index in [0.717, 1.165) is 18.5 Å². The molecule has 0 fully saturated rings. The molecular formula is C17H27BrFN. The fourth-order valence-electron chi connectivity index (χ4n) is 2.06. The van der Waals surface area contributed by atoms with Crippen molar-refractivity contribution in [3.8, 4) is 0 Å². The molecule has 1 aromatic carbocycles. The van der Waals surface area contributed by atoms with Crippen molar-refractivity contribution >= 4 is 15.9 Å². The first kappa shape index (κ1) is 17.6. The molecule has 0 aliphatic carbocycles. The number of hydrogen-bond donors (Lipinski definition) is 1. The summed E-state index contributed by atoms with van der Waals surface area (Å²) in [6.45, 7) is 14.2. The normalized spacial score (nSPS) is 15.4. The second-order valence-electron chi connectivity index (χ2n) is 7.30. The quantitative estimate of drug-likeness (QED) is 0.776. The van der Waals surface area contributed by atoms with Crippen LogP contribution in [0.3, 0.4) is 0 Å². The third kappa shape index (κ3) is 4.85. The molecule has 3 heteroatoms. The number of nitrogens with one attached hydrogen (secondary N) is 1. The molecule has 20 heavy (non-hydrogen) atoms. The molecule has 0 aliphatic heterocycles. The summed E-state index contributed by atoms with van der Waals surface area (Å²) >= 11 is 3.38. The van der Waals surface area contributed by atoms with Crippen molar-refractivity contribution in [1.29, 1.82) is 0 Å².